The number of esters is 1. The molecule has 0 fully saturated rings. The van der Waals surface area contributed by atoms with E-state index in [2.05, 4.69) is 4.98 Å². The quantitative estimate of drug-likeness (QED) is 0.479. The van der Waals surface area contributed by atoms with E-state index in [1.807, 2.05) is 19.9 Å². The van der Waals surface area contributed by atoms with Crippen LogP contribution in [0.3, 0.4) is 0 Å². The third kappa shape index (κ3) is 3.43. The first kappa shape index (κ1) is 19.7. The Balaban J connectivity index is 1.97. The number of hydrogen-bond acceptors (Lipinski definition) is 5. The van der Waals surface area contributed by atoms with E-state index in [0.717, 1.165) is 11.3 Å². The second-order valence-electron chi connectivity index (χ2n) is 7.02. The number of fused-ring (bicyclic) bond motifs is 1. The number of nitrogens with zero attached hydrogens (tertiary/aromatic N) is 2. The van der Waals surface area contributed by atoms with Gasteiger partial charge in [-0.05, 0) is 44.5 Å². The topological polar surface area (TPSA) is 77.0 Å². The Morgan fingerprint density at radius 3 is 2.67 bits per heavy atom. The van der Waals surface area contributed by atoms with E-state index in [4.69, 9.17) is 9.15 Å². The number of rotatable bonds is 5. The summed E-state index contributed by atoms with van der Waals surface area (Å²) in [6.45, 7) is 5.53. The molecule has 0 aliphatic carbocycles. The summed E-state index contributed by atoms with van der Waals surface area (Å²) in [6, 6.07) is 11.5. The van der Waals surface area contributed by atoms with E-state index in [1.54, 1.807) is 31.2 Å². The van der Waals surface area contributed by atoms with Crippen molar-refractivity contribution in [2.75, 3.05) is 6.61 Å². The summed E-state index contributed by atoms with van der Waals surface area (Å²) < 4.78 is 26.6. The van der Waals surface area contributed by atoms with Crippen LogP contribution in [0.4, 0.5) is 4.39 Å². The van der Waals surface area contributed by atoms with Crippen LogP contribution in [0, 0.1) is 19.7 Å². The number of hydrogen-bond donors (Lipinski definition) is 1. The summed E-state index contributed by atoms with van der Waals surface area (Å²) in [5.41, 5.74) is 2.77. The van der Waals surface area contributed by atoms with Crippen LogP contribution in [-0.4, -0.2) is 27.1 Å². The molecule has 0 amide bonds. The third-order valence-corrected chi connectivity index (χ3v) is 4.90. The molecule has 7 heteroatoms. The lowest BCUT2D eigenvalue weighted by Gasteiger charge is -2.12. The fourth-order valence-corrected chi connectivity index (χ4v) is 3.62. The van der Waals surface area contributed by atoms with E-state index in [9.17, 15) is 14.3 Å². The molecule has 0 saturated carbocycles. The molecule has 0 atom stereocenters. The van der Waals surface area contributed by atoms with Crippen molar-refractivity contribution in [2.45, 2.75) is 27.2 Å². The van der Waals surface area contributed by atoms with Crippen molar-refractivity contribution in [1.29, 1.82) is 0 Å². The first-order chi connectivity index (χ1) is 14.4. The van der Waals surface area contributed by atoms with Crippen molar-refractivity contribution in [3.8, 4) is 17.0 Å². The van der Waals surface area contributed by atoms with Crippen LogP contribution in [0.25, 0.3) is 16.9 Å². The van der Waals surface area contributed by atoms with Gasteiger partial charge in [-0.2, -0.15) is 0 Å². The smallest absolute Gasteiger partial charge is 0.359 e. The molecule has 0 radical (unpaired) electrons. The minimum absolute atomic E-state index is 0.0302. The average Bonchev–Trinajstić information content (AvgIpc) is 3.21. The fraction of sp³-hybridized carbons (Fsp3) is 0.217. The van der Waals surface area contributed by atoms with Crippen molar-refractivity contribution >= 4 is 11.6 Å². The average molecular weight is 408 g/mol. The Morgan fingerprint density at radius 1 is 1.23 bits per heavy atom. The van der Waals surface area contributed by atoms with Crippen LogP contribution in [0.2, 0.25) is 0 Å². The zero-order chi connectivity index (χ0) is 21.4. The summed E-state index contributed by atoms with van der Waals surface area (Å²) in [7, 11) is 0. The summed E-state index contributed by atoms with van der Waals surface area (Å²) in [5, 5.41) is 10.4. The molecule has 1 aromatic carbocycles. The molecule has 4 rings (SSSR count). The summed E-state index contributed by atoms with van der Waals surface area (Å²) in [5.74, 6) is 0.170. The molecule has 0 unspecified atom stereocenters. The lowest BCUT2D eigenvalue weighted by atomic mass is 10.1. The summed E-state index contributed by atoms with van der Waals surface area (Å²) in [6.07, 6.45) is 0.190. The molecule has 0 aliphatic heterocycles. The van der Waals surface area contributed by atoms with Crippen molar-refractivity contribution < 1.29 is 23.4 Å². The second kappa shape index (κ2) is 7.67. The number of aromatic hydroxyl groups is 1. The molecule has 0 saturated heterocycles. The summed E-state index contributed by atoms with van der Waals surface area (Å²) in [4.78, 5) is 17.1. The molecular formula is C23H21FN2O4. The number of furan rings is 1. The predicted molar refractivity (Wildman–Crippen MR) is 109 cm³/mol. The van der Waals surface area contributed by atoms with Crippen molar-refractivity contribution in [3.63, 3.8) is 0 Å². The standard InChI is InChI=1S/C23H21FN2O4/c1-4-29-23(28)22-20(27)12-21-25-19(17-9-13(2)30-14(17)3)11-16(26(21)22)10-15-7-5-6-8-18(15)24/h5-9,11-12,27H,4,10H2,1-3H3. The highest BCUT2D eigenvalue weighted by Gasteiger charge is 2.23. The van der Waals surface area contributed by atoms with Gasteiger partial charge in [-0.15, -0.1) is 0 Å². The van der Waals surface area contributed by atoms with Crippen molar-refractivity contribution in [3.05, 3.63) is 76.8 Å². The summed E-state index contributed by atoms with van der Waals surface area (Å²) >= 11 is 0. The number of carbonyl (C=O) groups excluding carboxylic acids is 1. The third-order valence-electron chi connectivity index (χ3n) is 4.90. The van der Waals surface area contributed by atoms with Gasteiger partial charge in [0.1, 0.15) is 23.0 Å². The van der Waals surface area contributed by atoms with E-state index in [0.29, 0.717) is 28.4 Å². The molecule has 3 heterocycles. The van der Waals surface area contributed by atoms with Gasteiger partial charge in [0.2, 0.25) is 0 Å². The van der Waals surface area contributed by atoms with Gasteiger partial charge in [-0.25, -0.2) is 14.2 Å². The monoisotopic (exact) mass is 408 g/mol. The first-order valence-corrected chi connectivity index (χ1v) is 9.61. The van der Waals surface area contributed by atoms with Crippen molar-refractivity contribution in [1.82, 2.24) is 9.38 Å². The van der Waals surface area contributed by atoms with Crippen LogP contribution in [0.5, 0.6) is 5.75 Å². The molecule has 30 heavy (non-hydrogen) atoms. The molecule has 154 valence electrons. The number of aromatic nitrogens is 2. The fourth-order valence-electron chi connectivity index (χ4n) is 3.62. The maximum Gasteiger partial charge on any atom is 0.359 e. The molecule has 0 spiro atoms. The van der Waals surface area contributed by atoms with Crippen LogP contribution in [-0.2, 0) is 11.2 Å². The first-order valence-electron chi connectivity index (χ1n) is 9.61. The van der Waals surface area contributed by atoms with E-state index < -0.39 is 5.97 Å². The Kier molecular flexibility index (Phi) is 5.03. The van der Waals surface area contributed by atoms with E-state index in [1.165, 1.54) is 16.5 Å². The Labute approximate surface area is 172 Å². The van der Waals surface area contributed by atoms with Crippen LogP contribution in [0.1, 0.15) is 40.2 Å². The van der Waals surface area contributed by atoms with Gasteiger partial charge in [-0.1, -0.05) is 18.2 Å². The van der Waals surface area contributed by atoms with Crippen LogP contribution in [0.15, 0.2) is 46.9 Å². The predicted octanol–water partition coefficient (Wildman–Crippen LogP) is 4.82. The molecular weight excluding hydrogens is 387 g/mol. The number of aryl methyl sites for hydroxylation is 2. The largest absolute Gasteiger partial charge is 0.505 e. The number of halogens is 1. The van der Waals surface area contributed by atoms with E-state index >= 15 is 0 Å². The molecule has 0 bridgehead atoms. The van der Waals surface area contributed by atoms with Gasteiger partial charge < -0.3 is 14.3 Å². The maximum absolute atomic E-state index is 14.4. The lowest BCUT2D eigenvalue weighted by Crippen LogP contribution is -2.12. The Hall–Kier alpha value is -3.61. The number of benzene rings is 1. The lowest BCUT2D eigenvalue weighted by molar-refractivity contribution is 0.0514. The minimum Gasteiger partial charge on any atom is -0.505 e. The van der Waals surface area contributed by atoms with Gasteiger partial charge in [0.25, 0.3) is 0 Å². The highest BCUT2D eigenvalue weighted by atomic mass is 19.1. The maximum atomic E-state index is 14.4. The highest BCUT2D eigenvalue weighted by molar-refractivity contribution is 5.92. The normalized spacial score (nSPS) is 11.2. The highest BCUT2D eigenvalue weighted by Crippen LogP contribution is 2.31. The SMILES string of the molecule is CCOC(=O)c1c(O)cc2nc(-c3cc(C)oc3C)cc(Cc3ccccc3F)n12. The van der Waals surface area contributed by atoms with Crippen LogP contribution >= 0.6 is 0 Å². The van der Waals surface area contributed by atoms with Gasteiger partial charge >= 0.3 is 5.97 Å². The van der Waals surface area contributed by atoms with E-state index in [-0.39, 0.29) is 30.3 Å². The van der Waals surface area contributed by atoms with Gasteiger partial charge in [-0.3, -0.25) is 4.40 Å². The van der Waals surface area contributed by atoms with Gasteiger partial charge in [0, 0.05) is 23.7 Å². The Morgan fingerprint density at radius 2 is 2.00 bits per heavy atom. The van der Waals surface area contributed by atoms with Gasteiger partial charge in [0.05, 0.1) is 12.3 Å². The van der Waals surface area contributed by atoms with Crippen molar-refractivity contribution in [2.24, 2.45) is 0 Å². The molecule has 1 N–H and O–H groups in total. The van der Waals surface area contributed by atoms with Crippen LogP contribution < -0.4 is 0 Å². The molecule has 4 aromatic rings. The minimum atomic E-state index is -0.672. The van der Waals surface area contributed by atoms with Gasteiger partial charge in [0.15, 0.2) is 11.4 Å². The second-order valence-corrected chi connectivity index (χ2v) is 7.02. The Bertz CT molecular complexity index is 1260. The zero-order valence-electron chi connectivity index (χ0n) is 16.9. The molecule has 0 aliphatic rings. The molecule has 3 aromatic heterocycles. The zero-order valence-corrected chi connectivity index (χ0v) is 16.9. The number of carbonyl (C=O) groups is 1. The number of ether oxygens (including phenoxy) is 1. The molecule has 6 nitrogen and oxygen atoms in total.